The lowest BCUT2D eigenvalue weighted by Crippen LogP contribution is -2.29. The molecule has 7 heteroatoms. The van der Waals surface area contributed by atoms with Gasteiger partial charge in [-0.05, 0) is 48.4 Å². The van der Waals surface area contributed by atoms with Crippen LogP contribution in [0, 0.1) is 12.7 Å². The van der Waals surface area contributed by atoms with E-state index in [4.69, 9.17) is 9.15 Å². The van der Waals surface area contributed by atoms with E-state index in [1.165, 1.54) is 25.3 Å². The number of rotatable bonds is 4. The molecule has 2 heterocycles. The molecule has 0 saturated carbocycles. The van der Waals surface area contributed by atoms with Crippen LogP contribution in [0.3, 0.4) is 0 Å². The number of aromatic hydroxyl groups is 1. The lowest BCUT2D eigenvalue weighted by molar-refractivity contribution is 0.0714. The number of phenols is 1. The van der Waals surface area contributed by atoms with Gasteiger partial charge in [-0.2, -0.15) is 0 Å². The van der Waals surface area contributed by atoms with Crippen LogP contribution < -0.4 is 10.2 Å². The van der Waals surface area contributed by atoms with Crippen molar-refractivity contribution in [1.82, 2.24) is 4.90 Å². The van der Waals surface area contributed by atoms with Gasteiger partial charge in [0.2, 0.25) is 5.76 Å². The van der Waals surface area contributed by atoms with E-state index in [1.54, 1.807) is 17.0 Å². The summed E-state index contributed by atoms with van der Waals surface area (Å²) in [5.74, 6) is -0.934. The van der Waals surface area contributed by atoms with Crippen LogP contribution in [0.5, 0.6) is 11.5 Å². The summed E-state index contributed by atoms with van der Waals surface area (Å²) in [5.41, 5.74) is 2.33. The maximum Gasteiger partial charge on any atom is 0.291 e. The van der Waals surface area contributed by atoms with Crippen LogP contribution in [0.1, 0.15) is 38.9 Å². The quantitative estimate of drug-likeness (QED) is 0.493. The molecule has 0 aliphatic carbocycles. The fourth-order valence-electron chi connectivity index (χ4n) is 4.26. The maximum atomic E-state index is 13.9. The Kier molecular flexibility index (Phi) is 4.89. The van der Waals surface area contributed by atoms with Gasteiger partial charge in [0.25, 0.3) is 5.91 Å². The maximum absolute atomic E-state index is 13.9. The number of benzene rings is 3. The molecule has 4 aromatic rings. The number of carbonyl (C=O) groups excluding carboxylic acids is 1. The molecule has 166 valence electrons. The molecule has 33 heavy (non-hydrogen) atoms. The molecule has 0 saturated heterocycles. The van der Waals surface area contributed by atoms with Crippen molar-refractivity contribution in [2.75, 3.05) is 7.11 Å². The standard InChI is InChI=1S/C26H20FNO5/c1-14-3-5-15(6-4-14)13-28-23(16-7-9-19(29)21(11-16)32-2)22-24(30)18-12-17(27)8-10-20(18)33-25(22)26(28)31/h3-12,23,29H,13H2,1-2H3/t23-/m1/s1. The first-order valence-corrected chi connectivity index (χ1v) is 10.4. The van der Waals surface area contributed by atoms with Crippen molar-refractivity contribution in [1.29, 1.82) is 0 Å². The van der Waals surface area contributed by atoms with Crippen LogP contribution in [0.2, 0.25) is 0 Å². The van der Waals surface area contributed by atoms with E-state index in [1.807, 2.05) is 31.2 Å². The van der Waals surface area contributed by atoms with Crippen molar-refractivity contribution in [3.8, 4) is 11.5 Å². The minimum absolute atomic E-state index is 0.0643. The predicted octanol–water partition coefficient (Wildman–Crippen LogP) is 4.70. The average Bonchev–Trinajstić information content (AvgIpc) is 3.08. The minimum Gasteiger partial charge on any atom is -0.504 e. The van der Waals surface area contributed by atoms with Gasteiger partial charge in [-0.25, -0.2) is 4.39 Å². The van der Waals surface area contributed by atoms with Gasteiger partial charge in [0.1, 0.15) is 11.4 Å². The summed E-state index contributed by atoms with van der Waals surface area (Å²) in [7, 11) is 1.42. The van der Waals surface area contributed by atoms with E-state index in [-0.39, 0.29) is 40.3 Å². The number of nitrogens with zero attached hydrogens (tertiary/aromatic N) is 1. The highest BCUT2D eigenvalue weighted by atomic mass is 19.1. The number of phenolic OH excluding ortho intramolecular Hbond substituents is 1. The van der Waals surface area contributed by atoms with Crippen LogP contribution in [0.4, 0.5) is 4.39 Å². The highest BCUT2D eigenvalue weighted by Crippen LogP contribution is 2.41. The van der Waals surface area contributed by atoms with Gasteiger partial charge in [-0.15, -0.1) is 0 Å². The Morgan fingerprint density at radius 3 is 2.55 bits per heavy atom. The van der Waals surface area contributed by atoms with E-state index in [2.05, 4.69) is 0 Å². The largest absolute Gasteiger partial charge is 0.504 e. The number of halogens is 1. The molecule has 0 fully saturated rings. The zero-order chi connectivity index (χ0) is 23.3. The summed E-state index contributed by atoms with van der Waals surface area (Å²) in [5, 5.41) is 10.1. The number of hydrogen-bond donors (Lipinski definition) is 1. The second-order valence-electron chi connectivity index (χ2n) is 8.07. The third-order valence-electron chi connectivity index (χ3n) is 5.92. The van der Waals surface area contributed by atoms with E-state index < -0.39 is 23.2 Å². The van der Waals surface area contributed by atoms with Crippen molar-refractivity contribution in [3.05, 3.63) is 105 Å². The summed E-state index contributed by atoms with van der Waals surface area (Å²) >= 11 is 0. The Balaban J connectivity index is 1.73. The van der Waals surface area contributed by atoms with Crippen molar-refractivity contribution in [3.63, 3.8) is 0 Å². The fourth-order valence-corrected chi connectivity index (χ4v) is 4.26. The van der Waals surface area contributed by atoms with Crippen LogP contribution in [-0.2, 0) is 6.54 Å². The number of carbonyl (C=O) groups is 1. The molecule has 1 aliphatic heterocycles. The first-order chi connectivity index (χ1) is 15.9. The van der Waals surface area contributed by atoms with E-state index in [0.29, 0.717) is 5.56 Å². The molecular weight excluding hydrogens is 425 g/mol. The number of amides is 1. The minimum atomic E-state index is -0.799. The van der Waals surface area contributed by atoms with Gasteiger partial charge in [-0.1, -0.05) is 35.9 Å². The fraction of sp³-hybridized carbons (Fsp3) is 0.154. The van der Waals surface area contributed by atoms with Crippen molar-refractivity contribution in [2.45, 2.75) is 19.5 Å². The molecule has 0 unspecified atom stereocenters. The molecule has 3 aromatic carbocycles. The molecule has 5 rings (SSSR count). The zero-order valence-electron chi connectivity index (χ0n) is 18.0. The topological polar surface area (TPSA) is 80.0 Å². The molecule has 0 bridgehead atoms. The summed E-state index contributed by atoms with van der Waals surface area (Å²) in [6.07, 6.45) is 0. The number of ether oxygens (including phenoxy) is 1. The summed E-state index contributed by atoms with van der Waals surface area (Å²) in [6, 6.07) is 15.2. The van der Waals surface area contributed by atoms with Crippen molar-refractivity contribution >= 4 is 16.9 Å². The Labute approximate surface area is 188 Å². The Morgan fingerprint density at radius 2 is 1.82 bits per heavy atom. The normalized spacial score (nSPS) is 15.2. The number of hydrogen-bond acceptors (Lipinski definition) is 5. The second-order valence-corrected chi connectivity index (χ2v) is 8.07. The van der Waals surface area contributed by atoms with Gasteiger partial charge in [0.15, 0.2) is 16.9 Å². The monoisotopic (exact) mass is 445 g/mol. The first kappa shape index (κ1) is 20.8. The number of aryl methyl sites for hydroxylation is 1. The third kappa shape index (κ3) is 3.42. The van der Waals surface area contributed by atoms with E-state index in [0.717, 1.165) is 17.2 Å². The van der Waals surface area contributed by atoms with Crippen molar-refractivity contribution in [2.24, 2.45) is 0 Å². The highest BCUT2D eigenvalue weighted by Gasteiger charge is 2.43. The van der Waals surface area contributed by atoms with Crippen LogP contribution in [-0.4, -0.2) is 23.0 Å². The lowest BCUT2D eigenvalue weighted by atomic mass is 9.97. The Morgan fingerprint density at radius 1 is 1.06 bits per heavy atom. The van der Waals surface area contributed by atoms with Crippen LogP contribution >= 0.6 is 0 Å². The van der Waals surface area contributed by atoms with Gasteiger partial charge < -0.3 is 19.2 Å². The Bertz CT molecular complexity index is 1460. The third-order valence-corrected chi connectivity index (χ3v) is 5.92. The van der Waals surface area contributed by atoms with E-state index in [9.17, 15) is 19.1 Å². The molecule has 1 aliphatic rings. The Hall–Kier alpha value is -4.13. The van der Waals surface area contributed by atoms with Gasteiger partial charge >= 0.3 is 0 Å². The van der Waals surface area contributed by atoms with Gasteiger partial charge in [0, 0.05) is 6.54 Å². The molecule has 1 atom stereocenters. The van der Waals surface area contributed by atoms with Crippen LogP contribution in [0.15, 0.2) is 69.9 Å². The first-order valence-electron chi connectivity index (χ1n) is 10.4. The van der Waals surface area contributed by atoms with E-state index >= 15 is 0 Å². The molecule has 1 N–H and O–H groups in total. The smallest absolute Gasteiger partial charge is 0.291 e. The average molecular weight is 445 g/mol. The lowest BCUT2D eigenvalue weighted by Gasteiger charge is -2.25. The molecule has 0 radical (unpaired) electrons. The van der Waals surface area contributed by atoms with Gasteiger partial charge in [-0.3, -0.25) is 9.59 Å². The highest BCUT2D eigenvalue weighted by molar-refractivity contribution is 5.99. The summed E-state index contributed by atoms with van der Waals surface area (Å²) in [6.45, 7) is 2.20. The second kappa shape index (κ2) is 7.78. The molecular formula is C26H20FNO5. The SMILES string of the molecule is COc1cc([C@@H]2c3c(oc4ccc(F)cc4c3=O)C(=O)N2Cc2ccc(C)cc2)ccc1O. The molecule has 1 amide bonds. The molecule has 1 aromatic heterocycles. The zero-order valence-corrected chi connectivity index (χ0v) is 18.0. The van der Waals surface area contributed by atoms with Crippen molar-refractivity contribution < 1.29 is 23.4 Å². The predicted molar refractivity (Wildman–Crippen MR) is 120 cm³/mol. The summed E-state index contributed by atoms with van der Waals surface area (Å²) in [4.78, 5) is 28.5. The molecule has 0 spiro atoms. The number of methoxy groups -OCH3 is 1. The van der Waals surface area contributed by atoms with Gasteiger partial charge in [0.05, 0.1) is 24.1 Å². The summed E-state index contributed by atoms with van der Waals surface area (Å²) < 4.78 is 25.0. The number of fused-ring (bicyclic) bond motifs is 2. The van der Waals surface area contributed by atoms with Crippen LogP contribution in [0.25, 0.3) is 11.0 Å². The molecule has 6 nitrogen and oxygen atoms in total.